The predicted octanol–water partition coefficient (Wildman–Crippen LogP) is 0.919. The molecule has 2 aliphatic rings. The molecule has 1 amide bonds. The van der Waals surface area contributed by atoms with E-state index < -0.39 is 5.97 Å². The summed E-state index contributed by atoms with van der Waals surface area (Å²) < 4.78 is 1.43. The summed E-state index contributed by atoms with van der Waals surface area (Å²) in [6, 6.07) is 0. The summed E-state index contributed by atoms with van der Waals surface area (Å²) in [5, 5.41) is 18.8. The Labute approximate surface area is 122 Å². The molecule has 3 rings (SSSR count). The quantitative estimate of drug-likeness (QED) is 0.812. The van der Waals surface area contributed by atoms with Gasteiger partial charge in [-0.15, -0.1) is 5.10 Å². The molecule has 114 valence electrons. The van der Waals surface area contributed by atoms with Crippen molar-refractivity contribution >= 4 is 11.9 Å². The van der Waals surface area contributed by atoms with Gasteiger partial charge in [0, 0.05) is 13.0 Å². The third-order valence-corrected chi connectivity index (χ3v) is 4.75. The summed E-state index contributed by atoms with van der Waals surface area (Å²) in [5.74, 6) is 1.17. The first kappa shape index (κ1) is 14.0. The number of carboxylic acid groups (broad SMARTS) is 1. The molecule has 2 saturated carbocycles. The molecule has 2 N–H and O–H groups in total. The Morgan fingerprint density at radius 1 is 1.38 bits per heavy atom. The summed E-state index contributed by atoms with van der Waals surface area (Å²) in [7, 11) is 0. The normalized spacial score (nSPS) is 27.0. The SMILES string of the molecule is O=C(CC1CC2CCC1C2)NCCn1cc(C(=O)O)nn1. The van der Waals surface area contributed by atoms with Crippen molar-refractivity contribution in [2.75, 3.05) is 6.54 Å². The van der Waals surface area contributed by atoms with Crippen molar-refractivity contribution in [3.8, 4) is 0 Å². The lowest BCUT2D eigenvalue weighted by atomic mass is 9.86. The molecule has 1 heterocycles. The fraction of sp³-hybridized carbons (Fsp3) is 0.714. The van der Waals surface area contributed by atoms with Gasteiger partial charge >= 0.3 is 5.97 Å². The number of carbonyl (C=O) groups is 2. The average molecular weight is 292 g/mol. The Hall–Kier alpha value is -1.92. The van der Waals surface area contributed by atoms with Gasteiger partial charge in [0.25, 0.3) is 0 Å². The van der Waals surface area contributed by atoms with E-state index in [-0.39, 0.29) is 11.6 Å². The summed E-state index contributed by atoms with van der Waals surface area (Å²) in [6.45, 7) is 0.880. The molecule has 2 fully saturated rings. The van der Waals surface area contributed by atoms with Crippen LogP contribution in [-0.4, -0.2) is 38.5 Å². The Morgan fingerprint density at radius 2 is 2.24 bits per heavy atom. The fourth-order valence-corrected chi connectivity index (χ4v) is 3.75. The molecule has 2 aliphatic carbocycles. The van der Waals surface area contributed by atoms with Gasteiger partial charge in [-0.05, 0) is 37.0 Å². The van der Waals surface area contributed by atoms with Crippen LogP contribution in [0.4, 0.5) is 0 Å². The monoisotopic (exact) mass is 292 g/mol. The Bertz CT molecular complexity index is 542. The second kappa shape index (κ2) is 5.83. The maximum atomic E-state index is 11.9. The maximum Gasteiger partial charge on any atom is 0.358 e. The van der Waals surface area contributed by atoms with Crippen LogP contribution in [0.15, 0.2) is 6.20 Å². The van der Waals surface area contributed by atoms with Crippen LogP contribution >= 0.6 is 0 Å². The molecule has 1 aromatic rings. The highest BCUT2D eigenvalue weighted by molar-refractivity contribution is 5.84. The number of nitrogens with one attached hydrogen (secondary N) is 1. The van der Waals surface area contributed by atoms with E-state index in [1.807, 2.05) is 0 Å². The molecule has 3 atom stereocenters. The molecule has 1 aromatic heterocycles. The van der Waals surface area contributed by atoms with Crippen LogP contribution in [0.25, 0.3) is 0 Å². The number of carbonyl (C=O) groups excluding carboxylic acids is 1. The number of fused-ring (bicyclic) bond motifs is 2. The first-order chi connectivity index (χ1) is 10.1. The number of carboxylic acids is 1. The number of aromatic carboxylic acids is 1. The van der Waals surface area contributed by atoms with E-state index in [4.69, 9.17) is 5.11 Å². The number of hydrogen-bond acceptors (Lipinski definition) is 4. The average Bonchev–Trinajstić information content (AvgIpc) is 3.13. The van der Waals surface area contributed by atoms with Crippen molar-refractivity contribution in [2.24, 2.45) is 17.8 Å². The maximum absolute atomic E-state index is 11.9. The number of amides is 1. The number of nitrogens with zero attached hydrogens (tertiary/aromatic N) is 3. The molecule has 0 saturated heterocycles. The minimum absolute atomic E-state index is 0.0803. The molecule has 7 nitrogen and oxygen atoms in total. The minimum atomic E-state index is -1.10. The number of hydrogen-bond donors (Lipinski definition) is 2. The molecule has 3 unspecified atom stereocenters. The Balaban J connectivity index is 1.38. The summed E-state index contributed by atoms with van der Waals surface area (Å²) in [6.07, 6.45) is 7.15. The lowest BCUT2D eigenvalue weighted by Gasteiger charge is -2.20. The van der Waals surface area contributed by atoms with Gasteiger partial charge in [-0.3, -0.25) is 4.79 Å². The fourth-order valence-electron chi connectivity index (χ4n) is 3.75. The van der Waals surface area contributed by atoms with E-state index >= 15 is 0 Å². The van der Waals surface area contributed by atoms with E-state index in [0.717, 1.165) is 11.8 Å². The first-order valence-corrected chi connectivity index (χ1v) is 7.52. The summed E-state index contributed by atoms with van der Waals surface area (Å²) in [5.41, 5.74) is -0.0803. The van der Waals surface area contributed by atoms with Crippen molar-refractivity contribution in [2.45, 2.75) is 38.6 Å². The van der Waals surface area contributed by atoms with E-state index in [1.165, 1.54) is 36.6 Å². The van der Waals surface area contributed by atoms with Crippen LogP contribution < -0.4 is 5.32 Å². The second-order valence-corrected chi connectivity index (χ2v) is 6.16. The molecule has 0 aromatic carbocycles. The van der Waals surface area contributed by atoms with Crippen molar-refractivity contribution in [1.82, 2.24) is 20.3 Å². The predicted molar refractivity (Wildman–Crippen MR) is 73.5 cm³/mol. The third kappa shape index (κ3) is 3.22. The van der Waals surface area contributed by atoms with Gasteiger partial charge in [-0.25, -0.2) is 9.48 Å². The zero-order chi connectivity index (χ0) is 14.8. The molecule has 7 heteroatoms. The lowest BCUT2D eigenvalue weighted by molar-refractivity contribution is -0.122. The van der Waals surface area contributed by atoms with E-state index in [0.29, 0.717) is 25.4 Å². The highest BCUT2D eigenvalue weighted by atomic mass is 16.4. The summed E-state index contributed by atoms with van der Waals surface area (Å²) >= 11 is 0. The van der Waals surface area contributed by atoms with Crippen LogP contribution in [0.2, 0.25) is 0 Å². The highest BCUT2D eigenvalue weighted by Crippen LogP contribution is 2.49. The Morgan fingerprint density at radius 3 is 2.86 bits per heavy atom. The molecule has 0 radical (unpaired) electrons. The molecule has 2 bridgehead atoms. The topological polar surface area (TPSA) is 97.1 Å². The van der Waals surface area contributed by atoms with Crippen molar-refractivity contribution in [3.05, 3.63) is 11.9 Å². The van der Waals surface area contributed by atoms with Crippen LogP contribution in [0, 0.1) is 17.8 Å². The summed E-state index contributed by atoms with van der Waals surface area (Å²) in [4.78, 5) is 22.6. The highest BCUT2D eigenvalue weighted by Gasteiger charge is 2.39. The smallest absolute Gasteiger partial charge is 0.358 e. The zero-order valence-electron chi connectivity index (χ0n) is 11.9. The number of rotatable bonds is 6. The molecule has 0 spiro atoms. The van der Waals surface area contributed by atoms with E-state index in [1.54, 1.807) is 0 Å². The van der Waals surface area contributed by atoms with Crippen LogP contribution in [0.3, 0.4) is 0 Å². The van der Waals surface area contributed by atoms with Crippen molar-refractivity contribution in [1.29, 1.82) is 0 Å². The zero-order valence-corrected chi connectivity index (χ0v) is 11.9. The van der Waals surface area contributed by atoms with Gasteiger partial charge in [0.05, 0.1) is 12.7 Å². The number of aromatic nitrogens is 3. The first-order valence-electron chi connectivity index (χ1n) is 7.52. The van der Waals surface area contributed by atoms with Gasteiger partial charge in [-0.1, -0.05) is 11.6 Å². The van der Waals surface area contributed by atoms with Crippen LogP contribution in [-0.2, 0) is 11.3 Å². The molecular formula is C14H20N4O3. The standard InChI is InChI=1S/C14H20N4O3/c19-13(7-11-6-9-1-2-10(11)5-9)15-3-4-18-8-12(14(20)21)16-17-18/h8-11H,1-7H2,(H,15,19)(H,20,21). The van der Waals surface area contributed by atoms with Gasteiger partial charge in [-0.2, -0.15) is 0 Å². The van der Waals surface area contributed by atoms with Crippen molar-refractivity contribution in [3.63, 3.8) is 0 Å². The van der Waals surface area contributed by atoms with Crippen molar-refractivity contribution < 1.29 is 14.7 Å². The van der Waals surface area contributed by atoms with Crippen LogP contribution in [0.5, 0.6) is 0 Å². The largest absolute Gasteiger partial charge is 0.476 e. The van der Waals surface area contributed by atoms with Gasteiger partial charge < -0.3 is 10.4 Å². The minimum Gasteiger partial charge on any atom is -0.476 e. The lowest BCUT2D eigenvalue weighted by Crippen LogP contribution is -2.30. The van der Waals surface area contributed by atoms with Gasteiger partial charge in [0.15, 0.2) is 5.69 Å². The molecule has 21 heavy (non-hydrogen) atoms. The van der Waals surface area contributed by atoms with E-state index in [9.17, 15) is 9.59 Å². The molecular weight excluding hydrogens is 272 g/mol. The molecule has 0 aliphatic heterocycles. The van der Waals surface area contributed by atoms with Crippen LogP contribution in [0.1, 0.15) is 42.6 Å². The Kier molecular flexibility index (Phi) is 3.90. The third-order valence-electron chi connectivity index (χ3n) is 4.75. The van der Waals surface area contributed by atoms with E-state index in [2.05, 4.69) is 15.6 Å². The van der Waals surface area contributed by atoms with Gasteiger partial charge in [0.1, 0.15) is 0 Å². The van der Waals surface area contributed by atoms with Gasteiger partial charge in [0.2, 0.25) is 5.91 Å². The second-order valence-electron chi connectivity index (χ2n) is 6.16.